The average molecular weight is 309 g/mol. The van der Waals surface area contributed by atoms with Crippen molar-refractivity contribution in [2.75, 3.05) is 18.6 Å². The number of nitrogens with zero attached hydrogens (tertiary/aromatic N) is 3. The normalized spacial score (nSPS) is 17.6. The third kappa shape index (κ3) is 3.36. The summed E-state index contributed by atoms with van der Waals surface area (Å²) >= 11 is 0. The largest absolute Gasteiger partial charge is 0.286 e. The molecule has 0 bridgehead atoms. The number of aromatic nitrogens is 1. The Morgan fingerprint density at radius 2 is 2.04 bits per heavy atom. The smallest absolute Gasteiger partial charge is 0.244 e. The van der Waals surface area contributed by atoms with Crippen molar-refractivity contribution in [1.29, 1.82) is 0 Å². The van der Waals surface area contributed by atoms with Crippen LogP contribution in [0.1, 0.15) is 24.0 Å². The Labute approximate surface area is 137 Å². The van der Waals surface area contributed by atoms with Crippen molar-refractivity contribution in [3.8, 4) is 0 Å². The van der Waals surface area contributed by atoms with E-state index in [9.17, 15) is 4.79 Å². The molecule has 1 saturated heterocycles. The van der Waals surface area contributed by atoms with E-state index in [1.165, 1.54) is 5.56 Å². The van der Waals surface area contributed by atoms with Crippen molar-refractivity contribution < 1.29 is 4.79 Å². The molecule has 0 N–H and O–H groups in total. The molecule has 120 valence electrons. The number of benzene rings is 1. The number of carbonyl (C=O) groups excluding carboxylic acids is 1. The maximum Gasteiger partial charge on any atom is 0.244 e. The molecule has 3 rings (SSSR count). The summed E-state index contributed by atoms with van der Waals surface area (Å²) in [5, 5.41) is 3.85. The Bertz CT molecular complexity index is 671. The van der Waals surface area contributed by atoms with Gasteiger partial charge in [0.15, 0.2) is 0 Å². The van der Waals surface area contributed by atoms with Crippen molar-refractivity contribution in [2.24, 2.45) is 5.92 Å². The molecule has 2 heterocycles. The van der Waals surface area contributed by atoms with Crippen LogP contribution in [0.15, 0.2) is 48.8 Å². The first kappa shape index (κ1) is 15.5. The molecule has 4 nitrogen and oxygen atoms in total. The van der Waals surface area contributed by atoms with Gasteiger partial charge in [-0.15, -0.1) is 0 Å². The number of carbonyl (C=O) groups is 1. The lowest BCUT2D eigenvalue weighted by molar-refractivity contribution is -0.131. The highest BCUT2D eigenvalue weighted by molar-refractivity contribution is 5.82. The number of hydrazine groups is 1. The lowest BCUT2D eigenvalue weighted by Crippen LogP contribution is -2.42. The predicted molar refractivity (Wildman–Crippen MR) is 92.0 cm³/mol. The number of aryl methyl sites for hydroxylation is 2. The van der Waals surface area contributed by atoms with Crippen LogP contribution in [0.3, 0.4) is 0 Å². The first-order chi connectivity index (χ1) is 11.2. The Morgan fingerprint density at radius 1 is 1.26 bits per heavy atom. The minimum atomic E-state index is 0.125. The number of hydrogen-bond donors (Lipinski definition) is 0. The first-order valence-electron chi connectivity index (χ1n) is 8.16. The van der Waals surface area contributed by atoms with Crippen LogP contribution in [0.25, 0.3) is 0 Å². The van der Waals surface area contributed by atoms with Gasteiger partial charge in [0, 0.05) is 31.9 Å². The quantitative estimate of drug-likeness (QED) is 0.851. The van der Waals surface area contributed by atoms with E-state index in [2.05, 4.69) is 29.2 Å². The number of amides is 1. The standard InChI is InChI=1S/C19H23N3O/c1-15-14-20-12-10-18(15)21(2)22-13-11-17(19(22)23)9-8-16-6-4-3-5-7-16/h3-7,10,12,14,17H,8-9,11,13H2,1-2H3. The van der Waals surface area contributed by atoms with Crippen molar-refractivity contribution in [2.45, 2.75) is 26.2 Å². The van der Waals surface area contributed by atoms with Crippen molar-refractivity contribution >= 4 is 11.6 Å². The van der Waals surface area contributed by atoms with Gasteiger partial charge >= 0.3 is 0 Å². The molecule has 2 aromatic rings. The minimum absolute atomic E-state index is 0.125. The molecule has 1 aliphatic rings. The summed E-state index contributed by atoms with van der Waals surface area (Å²) in [5.74, 6) is 0.361. The van der Waals surface area contributed by atoms with E-state index in [-0.39, 0.29) is 11.8 Å². The van der Waals surface area contributed by atoms with Crippen LogP contribution in [0.4, 0.5) is 5.69 Å². The number of pyridine rings is 1. The van der Waals surface area contributed by atoms with Gasteiger partial charge in [0.2, 0.25) is 5.91 Å². The van der Waals surface area contributed by atoms with Gasteiger partial charge < -0.3 is 0 Å². The summed E-state index contributed by atoms with van der Waals surface area (Å²) in [5.41, 5.74) is 3.42. The van der Waals surface area contributed by atoms with Gasteiger partial charge in [-0.3, -0.25) is 19.8 Å². The highest BCUT2D eigenvalue weighted by Crippen LogP contribution is 2.27. The summed E-state index contributed by atoms with van der Waals surface area (Å²) in [7, 11) is 1.96. The fourth-order valence-electron chi connectivity index (χ4n) is 3.23. The molecule has 1 aromatic heterocycles. The minimum Gasteiger partial charge on any atom is -0.286 e. The van der Waals surface area contributed by atoms with Crippen LogP contribution < -0.4 is 5.01 Å². The maximum atomic E-state index is 12.7. The van der Waals surface area contributed by atoms with Gasteiger partial charge in [0.05, 0.1) is 5.69 Å². The third-order valence-corrected chi connectivity index (χ3v) is 4.62. The van der Waals surface area contributed by atoms with E-state index in [0.29, 0.717) is 0 Å². The maximum absolute atomic E-state index is 12.7. The molecule has 1 fully saturated rings. The fraction of sp³-hybridized carbons (Fsp3) is 0.368. The molecule has 0 radical (unpaired) electrons. The lowest BCUT2D eigenvalue weighted by atomic mass is 9.98. The number of hydrogen-bond acceptors (Lipinski definition) is 3. The van der Waals surface area contributed by atoms with Gasteiger partial charge in [0.25, 0.3) is 0 Å². The first-order valence-corrected chi connectivity index (χ1v) is 8.16. The second-order valence-corrected chi connectivity index (χ2v) is 6.16. The average Bonchev–Trinajstić information content (AvgIpc) is 2.94. The lowest BCUT2D eigenvalue weighted by Gasteiger charge is -2.31. The zero-order valence-corrected chi connectivity index (χ0v) is 13.8. The highest BCUT2D eigenvalue weighted by atomic mass is 16.2. The van der Waals surface area contributed by atoms with Crippen LogP contribution >= 0.6 is 0 Å². The van der Waals surface area contributed by atoms with Gasteiger partial charge in [-0.2, -0.15) is 0 Å². The molecule has 1 unspecified atom stereocenters. The van der Waals surface area contributed by atoms with Gasteiger partial charge in [-0.05, 0) is 43.4 Å². The summed E-state index contributed by atoms with van der Waals surface area (Å²) in [4.78, 5) is 16.8. The monoisotopic (exact) mass is 309 g/mol. The van der Waals surface area contributed by atoms with Crippen LogP contribution in [-0.2, 0) is 11.2 Å². The van der Waals surface area contributed by atoms with E-state index >= 15 is 0 Å². The molecular weight excluding hydrogens is 286 g/mol. The van der Waals surface area contributed by atoms with E-state index in [0.717, 1.165) is 37.1 Å². The highest BCUT2D eigenvalue weighted by Gasteiger charge is 2.34. The van der Waals surface area contributed by atoms with Crippen molar-refractivity contribution in [3.05, 3.63) is 59.9 Å². The Morgan fingerprint density at radius 3 is 2.78 bits per heavy atom. The second-order valence-electron chi connectivity index (χ2n) is 6.16. The van der Waals surface area contributed by atoms with Gasteiger partial charge in [-0.1, -0.05) is 30.3 Å². The molecule has 1 aliphatic heterocycles. The summed E-state index contributed by atoms with van der Waals surface area (Å²) < 4.78 is 0. The molecule has 0 spiro atoms. The Balaban J connectivity index is 1.63. The zero-order valence-electron chi connectivity index (χ0n) is 13.8. The van der Waals surface area contributed by atoms with Gasteiger partial charge in [-0.25, -0.2) is 0 Å². The SMILES string of the molecule is Cc1cnccc1N(C)N1CCC(CCc2ccccc2)C1=O. The van der Waals surface area contributed by atoms with E-state index in [1.807, 2.05) is 42.3 Å². The van der Waals surface area contributed by atoms with Gasteiger partial charge in [0.1, 0.15) is 0 Å². The van der Waals surface area contributed by atoms with Crippen molar-refractivity contribution in [1.82, 2.24) is 9.99 Å². The van der Waals surface area contributed by atoms with E-state index in [1.54, 1.807) is 6.20 Å². The molecule has 0 aliphatic carbocycles. The van der Waals surface area contributed by atoms with Crippen LogP contribution in [0, 0.1) is 12.8 Å². The Hall–Kier alpha value is -2.36. The molecule has 1 atom stereocenters. The Kier molecular flexibility index (Phi) is 4.60. The molecule has 0 saturated carbocycles. The summed E-state index contributed by atoms with van der Waals surface area (Å²) in [6.45, 7) is 2.81. The molecule has 1 aromatic carbocycles. The van der Waals surface area contributed by atoms with E-state index in [4.69, 9.17) is 0 Å². The topological polar surface area (TPSA) is 36.4 Å². The van der Waals surface area contributed by atoms with Crippen molar-refractivity contribution in [3.63, 3.8) is 0 Å². The van der Waals surface area contributed by atoms with Crippen LogP contribution in [0.5, 0.6) is 0 Å². The van der Waals surface area contributed by atoms with E-state index < -0.39 is 0 Å². The molecule has 4 heteroatoms. The fourth-order valence-corrected chi connectivity index (χ4v) is 3.23. The zero-order chi connectivity index (χ0) is 16.2. The number of anilines is 1. The summed E-state index contributed by atoms with van der Waals surface area (Å²) in [6, 6.07) is 12.3. The molecule has 1 amide bonds. The second kappa shape index (κ2) is 6.82. The van der Waals surface area contributed by atoms with Crippen LogP contribution in [0.2, 0.25) is 0 Å². The molecular formula is C19H23N3O. The number of rotatable bonds is 5. The summed E-state index contributed by atoms with van der Waals surface area (Å²) in [6.07, 6.45) is 6.41. The molecule has 23 heavy (non-hydrogen) atoms. The third-order valence-electron chi connectivity index (χ3n) is 4.62. The van der Waals surface area contributed by atoms with Crippen LogP contribution in [-0.4, -0.2) is 29.5 Å². The predicted octanol–water partition coefficient (Wildman–Crippen LogP) is 3.22.